The van der Waals surface area contributed by atoms with Crippen LogP contribution in [0.5, 0.6) is 5.75 Å². The quantitative estimate of drug-likeness (QED) is 0.235. The van der Waals surface area contributed by atoms with Gasteiger partial charge in [0.2, 0.25) is 0 Å². The van der Waals surface area contributed by atoms with E-state index in [-0.39, 0.29) is 12.4 Å². The molecule has 1 aliphatic carbocycles. The van der Waals surface area contributed by atoms with Crippen molar-refractivity contribution >= 4 is 12.1 Å². The summed E-state index contributed by atoms with van der Waals surface area (Å²) in [5.41, 5.74) is 5.29. The number of hydrogen-bond donors (Lipinski definition) is 1. The van der Waals surface area contributed by atoms with Crippen LogP contribution in [0.3, 0.4) is 0 Å². The van der Waals surface area contributed by atoms with Gasteiger partial charge in [0, 0.05) is 12.1 Å². The van der Waals surface area contributed by atoms with Crippen molar-refractivity contribution in [2.75, 3.05) is 0 Å². The van der Waals surface area contributed by atoms with Gasteiger partial charge in [0.15, 0.2) is 0 Å². The molecule has 0 bridgehead atoms. The number of alkyl carbamates (subject to hydrolysis) is 1. The fourth-order valence-corrected chi connectivity index (χ4v) is 4.77. The van der Waals surface area contributed by atoms with Gasteiger partial charge in [-0.15, -0.1) is 0 Å². The normalized spacial score (nSPS) is 13.4. The Morgan fingerprint density at radius 2 is 1.48 bits per heavy atom. The molecule has 1 aliphatic rings. The molecule has 0 saturated heterocycles. The molecule has 1 amide bonds. The summed E-state index contributed by atoms with van der Waals surface area (Å²) in [5.74, 6) is 1.25. The Morgan fingerprint density at radius 1 is 0.786 bits per heavy atom. The lowest BCUT2D eigenvalue weighted by atomic mass is 9.96. The van der Waals surface area contributed by atoms with Gasteiger partial charge in [-0.05, 0) is 106 Å². The summed E-state index contributed by atoms with van der Waals surface area (Å²) in [7, 11) is 0. The van der Waals surface area contributed by atoms with Crippen molar-refractivity contribution in [3.8, 4) is 16.9 Å². The first-order valence-corrected chi connectivity index (χ1v) is 14.9. The second kappa shape index (κ2) is 13.5. The van der Waals surface area contributed by atoms with Crippen molar-refractivity contribution in [3.63, 3.8) is 0 Å². The maximum Gasteiger partial charge on any atom is 0.407 e. The first-order chi connectivity index (χ1) is 19.8. The summed E-state index contributed by atoms with van der Waals surface area (Å²) in [6.07, 6.45) is 4.61. The SMILES string of the molecule is CC(C)(C)OC(=O)Cc1ccccc1OCc1cc(CCC2CC2)cc(-c2cccc(CNC(=O)OC(C)(C)C)c2)c1. The molecule has 6 nitrogen and oxygen atoms in total. The van der Waals surface area contributed by atoms with E-state index in [0.717, 1.165) is 40.2 Å². The zero-order valence-electron chi connectivity index (χ0n) is 25.9. The van der Waals surface area contributed by atoms with Gasteiger partial charge in [-0.3, -0.25) is 4.79 Å². The van der Waals surface area contributed by atoms with E-state index >= 15 is 0 Å². The predicted molar refractivity (Wildman–Crippen MR) is 166 cm³/mol. The van der Waals surface area contributed by atoms with E-state index in [2.05, 4.69) is 35.6 Å². The van der Waals surface area contributed by atoms with Gasteiger partial charge >= 0.3 is 12.1 Å². The molecule has 6 heteroatoms. The third-order valence-corrected chi connectivity index (χ3v) is 6.81. The summed E-state index contributed by atoms with van der Waals surface area (Å²) in [6, 6.07) is 22.5. The van der Waals surface area contributed by atoms with Crippen molar-refractivity contribution in [1.82, 2.24) is 5.32 Å². The van der Waals surface area contributed by atoms with E-state index < -0.39 is 17.3 Å². The molecule has 0 radical (unpaired) electrons. The van der Waals surface area contributed by atoms with E-state index in [4.69, 9.17) is 14.2 Å². The van der Waals surface area contributed by atoms with E-state index in [9.17, 15) is 9.59 Å². The number of nitrogens with one attached hydrogen (secondary N) is 1. The minimum absolute atomic E-state index is 0.157. The van der Waals surface area contributed by atoms with Crippen molar-refractivity contribution in [2.45, 2.75) is 98.0 Å². The van der Waals surface area contributed by atoms with E-state index in [1.807, 2.05) is 77.9 Å². The lowest BCUT2D eigenvalue weighted by Gasteiger charge is -2.20. The minimum atomic E-state index is -0.540. The molecule has 0 spiro atoms. The smallest absolute Gasteiger partial charge is 0.407 e. The lowest BCUT2D eigenvalue weighted by Crippen LogP contribution is -2.32. The Bertz CT molecular complexity index is 1380. The number of carbonyl (C=O) groups is 2. The Morgan fingerprint density at radius 3 is 2.19 bits per heavy atom. The number of ether oxygens (including phenoxy) is 3. The van der Waals surface area contributed by atoms with Crippen molar-refractivity contribution < 1.29 is 23.8 Å². The first kappa shape index (κ1) is 31.1. The third-order valence-electron chi connectivity index (χ3n) is 6.81. The summed E-state index contributed by atoms with van der Waals surface area (Å²) >= 11 is 0. The third kappa shape index (κ3) is 10.6. The molecule has 0 aromatic heterocycles. The second-order valence-electron chi connectivity index (χ2n) is 13.2. The van der Waals surface area contributed by atoms with Gasteiger partial charge in [0.1, 0.15) is 23.6 Å². The van der Waals surface area contributed by atoms with Gasteiger partial charge < -0.3 is 19.5 Å². The Kier molecular flexibility index (Phi) is 9.97. The number of carbonyl (C=O) groups excluding carboxylic acids is 2. The number of hydrogen-bond acceptors (Lipinski definition) is 5. The average Bonchev–Trinajstić information content (AvgIpc) is 3.73. The molecular weight excluding hydrogens is 526 g/mol. The van der Waals surface area contributed by atoms with E-state index in [0.29, 0.717) is 18.9 Å². The number of amides is 1. The van der Waals surface area contributed by atoms with Crippen LogP contribution in [0.25, 0.3) is 11.1 Å². The number of rotatable bonds is 11. The molecule has 0 heterocycles. The number of para-hydroxylation sites is 1. The number of esters is 1. The van der Waals surface area contributed by atoms with Crippen LogP contribution in [0.1, 0.15) is 83.1 Å². The highest BCUT2D eigenvalue weighted by Gasteiger charge is 2.21. The Hall–Kier alpha value is -3.80. The molecule has 42 heavy (non-hydrogen) atoms. The molecule has 0 aliphatic heterocycles. The molecule has 1 N–H and O–H groups in total. The highest BCUT2D eigenvalue weighted by molar-refractivity contribution is 5.74. The van der Waals surface area contributed by atoms with Gasteiger partial charge in [-0.1, -0.05) is 61.4 Å². The average molecular weight is 572 g/mol. The molecule has 4 rings (SSSR count). The van der Waals surface area contributed by atoms with E-state index in [1.165, 1.54) is 24.8 Å². The fourth-order valence-electron chi connectivity index (χ4n) is 4.77. The van der Waals surface area contributed by atoms with Crippen LogP contribution < -0.4 is 10.1 Å². The molecular formula is C36H45NO5. The Labute approximate surface area is 250 Å². The largest absolute Gasteiger partial charge is 0.489 e. The number of benzene rings is 3. The first-order valence-electron chi connectivity index (χ1n) is 14.9. The maximum absolute atomic E-state index is 12.5. The highest BCUT2D eigenvalue weighted by Crippen LogP contribution is 2.34. The van der Waals surface area contributed by atoms with Crippen LogP contribution in [0.15, 0.2) is 66.7 Å². The van der Waals surface area contributed by atoms with Crippen LogP contribution in [0, 0.1) is 5.92 Å². The van der Waals surface area contributed by atoms with Crippen molar-refractivity contribution in [1.29, 1.82) is 0 Å². The minimum Gasteiger partial charge on any atom is -0.489 e. The van der Waals surface area contributed by atoms with Gasteiger partial charge in [0.25, 0.3) is 0 Å². The maximum atomic E-state index is 12.5. The number of aryl methyl sites for hydroxylation is 1. The Balaban J connectivity index is 1.50. The van der Waals surface area contributed by atoms with Crippen LogP contribution in [-0.2, 0) is 40.3 Å². The van der Waals surface area contributed by atoms with Gasteiger partial charge in [-0.25, -0.2) is 4.79 Å². The van der Waals surface area contributed by atoms with E-state index in [1.54, 1.807) is 0 Å². The summed E-state index contributed by atoms with van der Waals surface area (Å²) in [4.78, 5) is 24.7. The molecule has 1 saturated carbocycles. The predicted octanol–water partition coefficient (Wildman–Crippen LogP) is 8.18. The molecule has 0 unspecified atom stereocenters. The zero-order chi connectivity index (χ0) is 30.3. The van der Waals surface area contributed by atoms with Crippen molar-refractivity contribution in [3.05, 3.63) is 89.0 Å². The molecule has 1 fully saturated rings. The monoisotopic (exact) mass is 571 g/mol. The summed E-state index contributed by atoms with van der Waals surface area (Å²) in [6.45, 7) is 11.9. The topological polar surface area (TPSA) is 73.9 Å². The van der Waals surface area contributed by atoms with Gasteiger partial charge in [0.05, 0.1) is 6.42 Å². The summed E-state index contributed by atoms with van der Waals surface area (Å²) in [5, 5.41) is 2.85. The second-order valence-corrected chi connectivity index (χ2v) is 13.2. The standard InChI is InChI=1S/C36H45NO5/c1-35(2,3)41-33(38)22-30-11-7-8-13-32(30)40-24-28-18-26(17-16-25-14-15-25)19-31(21-28)29-12-9-10-27(20-29)23-37-34(39)42-36(4,5)6/h7-13,18-21,25H,14-17,22-24H2,1-6H3,(H,37,39). The van der Waals surface area contributed by atoms with Crippen LogP contribution in [0.2, 0.25) is 0 Å². The zero-order valence-corrected chi connectivity index (χ0v) is 25.9. The fraction of sp³-hybridized carbons (Fsp3) is 0.444. The van der Waals surface area contributed by atoms with Crippen LogP contribution in [-0.4, -0.2) is 23.3 Å². The van der Waals surface area contributed by atoms with Crippen molar-refractivity contribution in [2.24, 2.45) is 5.92 Å². The van der Waals surface area contributed by atoms with Gasteiger partial charge in [-0.2, -0.15) is 0 Å². The molecule has 3 aromatic carbocycles. The van der Waals surface area contributed by atoms with Crippen LogP contribution in [0.4, 0.5) is 4.79 Å². The summed E-state index contributed by atoms with van der Waals surface area (Å²) < 4.78 is 17.2. The molecule has 224 valence electrons. The molecule has 3 aromatic rings. The molecule has 0 atom stereocenters. The van der Waals surface area contributed by atoms with Crippen LogP contribution >= 0.6 is 0 Å². The lowest BCUT2D eigenvalue weighted by molar-refractivity contribution is -0.153. The highest BCUT2D eigenvalue weighted by atomic mass is 16.6.